The molecular weight excluding hydrogens is 220 g/mol. The van der Waals surface area contributed by atoms with Gasteiger partial charge in [-0.1, -0.05) is 29.8 Å². The van der Waals surface area contributed by atoms with Crippen molar-refractivity contribution in [1.82, 2.24) is 10.2 Å². The van der Waals surface area contributed by atoms with Crippen LogP contribution in [0.3, 0.4) is 0 Å². The highest BCUT2D eigenvalue weighted by Crippen LogP contribution is 2.16. The summed E-state index contributed by atoms with van der Waals surface area (Å²) >= 11 is 6.12. The first-order chi connectivity index (χ1) is 7.74. The minimum absolute atomic E-state index is 0.865. The summed E-state index contributed by atoms with van der Waals surface area (Å²) in [5, 5.41) is 4.03. The molecule has 1 aromatic rings. The van der Waals surface area contributed by atoms with Crippen LogP contribution in [0.1, 0.15) is 18.4 Å². The quantitative estimate of drug-likeness (QED) is 0.738. The molecule has 2 nitrogen and oxygen atoms in total. The van der Waals surface area contributed by atoms with Crippen molar-refractivity contribution in [1.29, 1.82) is 0 Å². The Hall–Kier alpha value is -0.570. The Labute approximate surface area is 104 Å². The van der Waals surface area contributed by atoms with Crippen LogP contribution in [0.25, 0.3) is 0 Å². The summed E-state index contributed by atoms with van der Waals surface area (Å²) in [5.41, 5.74) is 1.21. The van der Waals surface area contributed by atoms with E-state index >= 15 is 0 Å². The average Bonchev–Trinajstić information content (AvgIpc) is 2.28. The van der Waals surface area contributed by atoms with Gasteiger partial charge in [0, 0.05) is 11.6 Å². The van der Waals surface area contributed by atoms with Crippen molar-refractivity contribution in [2.24, 2.45) is 0 Å². The molecule has 0 heterocycles. The van der Waals surface area contributed by atoms with Gasteiger partial charge in [-0.15, -0.1) is 0 Å². The Morgan fingerprint density at radius 3 is 2.69 bits per heavy atom. The van der Waals surface area contributed by atoms with E-state index in [9.17, 15) is 0 Å². The van der Waals surface area contributed by atoms with Crippen molar-refractivity contribution in [2.75, 3.05) is 27.2 Å². The highest BCUT2D eigenvalue weighted by atomic mass is 35.5. The van der Waals surface area contributed by atoms with Gasteiger partial charge in [-0.25, -0.2) is 0 Å². The molecule has 0 aliphatic heterocycles. The van der Waals surface area contributed by atoms with Crippen LogP contribution in [0, 0.1) is 0 Å². The van der Waals surface area contributed by atoms with Crippen molar-refractivity contribution in [2.45, 2.75) is 19.4 Å². The standard InChI is InChI=1S/C13H21ClN2/c1-15-9-5-6-10-16(2)11-12-7-3-4-8-13(12)14/h3-4,7-8,15H,5-6,9-11H2,1-2H3. The summed E-state index contributed by atoms with van der Waals surface area (Å²) in [6, 6.07) is 8.05. The molecule has 0 spiro atoms. The fraction of sp³-hybridized carbons (Fsp3) is 0.538. The van der Waals surface area contributed by atoms with E-state index < -0.39 is 0 Å². The van der Waals surface area contributed by atoms with Crippen molar-refractivity contribution < 1.29 is 0 Å². The Kier molecular flexibility index (Phi) is 6.46. The van der Waals surface area contributed by atoms with Crippen molar-refractivity contribution in [3.8, 4) is 0 Å². The third kappa shape index (κ3) is 4.97. The van der Waals surface area contributed by atoms with Gasteiger partial charge < -0.3 is 10.2 Å². The van der Waals surface area contributed by atoms with Gasteiger partial charge in [0.2, 0.25) is 0 Å². The molecule has 0 unspecified atom stereocenters. The summed E-state index contributed by atoms with van der Waals surface area (Å²) in [4.78, 5) is 2.32. The molecule has 0 aromatic heterocycles. The molecule has 0 saturated heterocycles. The van der Waals surface area contributed by atoms with E-state index in [0.717, 1.165) is 24.7 Å². The third-order valence-corrected chi connectivity index (χ3v) is 2.98. The molecule has 0 fully saturated rings. The number of hydrogen-bond donors (Lipinski definition) is 1. The molecule has 0 radical (unpaired) electrons. The van der Waals surface area contributed by atoms with Crippen LogP contribution in [-0.2, 0) is 6.54 Å². The van der Waals surface area contributed by atoms with Gasteiger partial charge in [0.15, 0.2) is 0 Å². The molecule has 0 bridgehead atoms. The zero-order valence-electron chi connectivity index (χ0n) is 10.2. The molecule has 0 aliphatic rings. The van der Waals surface area contributed by atoms with Gasteiger partial charge in [0.1, 0.15) is 0 Å². The summed E-state index contributed by atoms with van der Waals surface area (Å²) < 4.78 is 0. The van der Waals surface area contributed by atoms with Gasteiger partial charge in [0.25, 0.3) is 0 Å². The maximum Gasteiger partial charge on any atom is 0.0451 e. The maximum atomic E-state index is 6.12. The van der Waals surface area contributed by atoms with Crippen LogP contribution >= 0.6 is 11.6 Å². The normalized spacial score (nSPS) is 11.0. The Morgan fingerprint density at radius 1 is 1.25 bits per heavy atom. The molecular formula is C13H21ClN2. The second-order valence-electron chi connectivity index (χ2n) is 4.14. The van der Waals surface area contributed by atoms with Crippen molar-refractivity contribution in [3.63, 3.8) is 0 Å². The second-order valence-corrected chi connectivity index (χ2v) is 4.55. The number of unbranched alkanes of at least 4 members (excludes halogenated alkanes) is 1. The molecule has 1 rings (SSSR count). The molecule has 0 aliphatic carbocycles. The first-order valence-corrected chi connectivity index (χ1v) is 6.18. The van der Waals surface area contributed by atoms with Gasteiger partial charge in [0.05, 0.1) is 0 Å². The summed E-state index contributed by atoms with van der Waals surface area (Å²) in [6.45, 7) is 3.14. The fourth-order valence-corrected chi connectivity index (χ4v) is 1.88. The minimum atomic E-state index is 0.865. The van der Waals surface area contributed by atoms with E-state index in [1.54, 1.807) is 0 Å². The molecule has 1 N–H and O–H groups in total. The van der Waals surface area contributed by atoms with Crippen LogP contribution in [0.15, 0.2) is 24.3 Å². The summed E-state index contributed by atoms with van der Waals surface area (Å²) in [6.07, 6.45) is 2.45. The van der Waals surface area contributed by atoms with E-state index in [1.807, 2.05) is 25.2 Å². The minimum Gasteiger partial charge on any atom is -0.320 e. The Morgan fingerprint density at radius 2 is 2.00 bits per heavy atom. The zero-order valence-corrected chi connectivity index (χ0v) is 10.9. The van der Waals surface area contributed by atoms with E-state index in [0.29, 0.717) is 0 Å². The largest absolute Gasteiger partial charge is 0.320 e. The van der Waals surface area contributed by atoms with Crippen molar-refractivity contribution in [3.05, 3.63) is 34.9 Å². The lowest BCUT2D eigenvalue weighted by Gasteiger charge is -2.17. The van der Waals surface area contributed by atoms with E-state index in [2.05, 4.69) is 23.3 Å². The fourth-order valence-electron chi connectivity index (χ4n) is 1.68. The van der Waals surface area contributed by atoms with Gasteiger partial charge in [-0.05, 0) is 51.7 Å². The first-order valence-electron chi connectivity index (χ1n) is 5.80. The van der Waals surface area contributed by atoms with Crippen LogP contribution in [0.2, 0.25) is 5.02 Å². The zero-order chi connectivity index (χ0) is 11.8. The van der Waals surface area contributed by atoms with E-state index in [4.69, 9.17) is 11.6 Å². The van der Waals surface area contributed by atoms with Crippen LogP contribution in [0.5, 0.6) is 0 Å². The van der Waals surface area contributed by atoms with E-state index in [1.165, 1.54) is 18.4 Å². The Balaban J connectivity index is 2.28. The van der Waals surface area contributed by atoms with Gasteiger partial charge in [-0.3, -0.25) is 0 Å². The van der Waals surface area contributed by atoms with Crippen molar-refractivity contribution >= 4 is 11.6 Å². The number of nitrogens with zero attached hydrogens (tertiary/aromatic N) is 1. The smallest absolute Gasteiger partial charge is 0.0451 e. The molecule has 0 amide bonds. The number of nitrogens with one attached hydrogen (secondary N) is 1. The lowest BCUT2D eigenvalue weighted by atomic mass is 10.2. The van der Waals surface area contributed by atoms with Crippen LogP contribution in [-0.4, -0.2) is 32.1 Å². The van der Waals surface area contributed by atoms with Gasteiger partial charge >= 0.3 is 0 Å². The number of benzene rings is 1. The third-order valence-electron chi connectivity index (χ3n) is 2.61. The number of halogens is 1. The maximum absolute atomic E-state index is 6.12. The van der Waals surface area contributed by atoms with E-state index in [-0.39, 0.29) is 0 Å². The first kappa shape index (κ1) is 13.5. The Bertz CT molecular complexity index is 302. The molecule has 3 heteroatoms. The highest BCUT2D eigenvalue weighted by molar-refractivity contribution is 6.31. The van der Waals surface area contributed by atoms with Crippen LogP contribution in [0.4, 0.5) is 0 Å². The number of rotatable bonds is 7. The monoisotopic (exact) mass is 240 g/mol. The predicted octanol–water partition coefficient (Wildman–Crippen LogP) is 2.77. The molecule has 1 aromatic carbocycles. The number of hydrogen-bond acceptors (Lipinski definition) is 2. The summed E-state index contributed by atoms with van der Waals surface area (Å²) in [7, 11) is 4.14. The SMILES string of the molecule is CNCCCCN(C)Cc1ccccc1Cl. The predicted molar refractivity (Wildman–Crippen MR) is 70.9 cm³/mol. The lowest BCUT2D eigenvalue weighted by molar-refractivity contribution is 0.318. The second kappa shape index (κ2) is 7.66. The lowest BCUT2D eigenvalue weighted by Crippen LogP contribution is -2.20. The topological polar surface area (TPSA) is 15.3 Å². The average molecular weight is 241 g/mol. The molecule has 16 heavy (non-hydrogen) atoms. The molecule has 90 valence electrons. The van der Waals surface area contributed by atoms with Crippen LogP contribution < -0.4 is 5.32 Å². The molecule has 0 atom stereocenters. The summed E-state index contributed by atoms with van der Waals surface area (Å²) in [5.74, 6) is 0. The van der Waals surface area contributed by atoms with Gasteiger partial charge in [-0.2, -0.15) is 0 Å². The molecule has 0 saturated carbocycles. The highest BCUT2D eigenvalue weighted by Gasteiger charge is 2.03.